The van der Waals surface area contributed by atoms with Crippen molar-refractivity contribution in [2.75, 3.05) is 13.1 Å². The van der Waals surface area contributed by atoms with Gasteiger partial charge in [0.25, 0.3) is 0 Å². The third-order valence-electron chi connectivity index (χ3n) is 3.27. The Kier molecular flexibility index (Phi) is 4.22. The molecule has 1 aliphatic rings. The van der Waals surface area contributed by atoms with Crippen LogP contribution in [0.2, 0.25) is 0 Å². The molecular formula is C12H15Br2N3. The van der Waals surface area contributed by atoms with E-state index in [1.165, 1.54) is 18.5 Å². The quantitative estimate of drug-likeness (QED) is 0.846. The molecule has 92 valence electrons. The van der Waals surface area contributed by atoms with E-state index < -0.39 is 0 Å². The van der Waals surface area contributed by atoms with Crippen molar-refractivity contribution in [1.29, 1.82) is 0 Å². The maximum Gasteiger partial charge on any atom is 0.151 e. The lowest BCUT2D eigenvalue weighted by molar-refractivity contribution is 0.451. The second kappa shape index (κ2) is 5.50. The number of aromatic nitrogens is 2. The van der Waals surface area contributed by atoms with Crippen molar-refractivity contribution in [1.82, 2.24) is 14.7 Å². The summed E-state index contributed by atoms with van der Waals surface area (Å²) < 4.78 is 3.27. The highest BCUT2D eigenvalue weighted by atomic mass is 79.9. The fraction of sp³-hybridized carbons (Fsp3) is 0.417. The molecule has 0 bridgehead atoms. The predicted octanol–water partition coefficient (Wildman–Crippen LogP) is 3.14. The number of piperidine rings is 1. The largest absolute Gasteiger partial charge is 0.317 e. The van der Waals surface area contributed by atoms with Crippen LogP contribution in [0.3, 0.4) is 0 Å². The summed E-state index contributed by atoms with van der Waals surface area (Å²) in [6.45, 7) is 2.23. The lowest BCUT2D eigenvalue weighted by Crippen LogP contribution is -2.27. The molecule has 1 fully saturated rings. The number of nitrogens with one attached hydrogen (secondary N) is 1. The highest BCUT2D eigenvalue weighted by molar-refractivity contribution is 9.10. The Labute approximate surface area is 120 Å². The highest BCUT2D eigenvalue weighted by Gasteiger charge is 2.19. The molecule has 0 unspecified atom stereocenters. The van der Waals surface area contributed by atoms with Crippen molar-refractivity contribution in [3.8, 4) is 0 Å². The monoisotopic (exact) mass is 359 g/mol. The number of hydrogen-bond donors (Lipinski definition) is 1. The third kappa shape index (κ3) is 2.41. The van der Waals surface area contributed by atoms with E-state index in [9.17, 15) is 0 Å². The van der Waals surface area contributed by atoms with Crippen LogP contribution in [0.5, 0.6) is 0 Å². The minimum Gasteiger partial charge on any atom is -0.317 e. The van der Waals surface area contributed by atoms with Gasteiger partial charge < -0.3 is 9.72 Å². The summed E-state index contributed by atoms with van der Waals surface area (Å²) >= 11 is 3.54. The van der Waals surface area contributed by atoms with Crippen LogP contribution in [0.4, 0.5) is 0 Å². The Balaban J connectivity index is 0.00000108. The first-order chi connectivity index (χ1) is 7.86. The summed E-state index contributed by atoms with van der Waals surface area (Å²) in [6.07, 6.45) is 6.54. The lowest BCUT2D eigenvalue weighted by Gasteiger charge is -2.22. The molecule has 5 heteroatoms. The first-order valence-electron chi connectivity index (χ1n) is 5.68. The minimum absolute atomic E-state index is 0. The maximum absolute atomic E-state index is 4.49. The Bertz CT molecular complexity index is 503. The molecule has 2 aromatic rings. The summed E-state index contributed by atoms with van der Waals surface area (Å²) in [5.74, 6) is 0.644. The van der Waals surface area contributed by atoms with Gasteiger partial charge in [-0.15, -0.1) is 17.0 Å². The van der Waals surface area contributed by atoms with Crippen LogP contribution in [0.15, 0.2) is 29.0 Å². The lowest BCUT2D eigenvalue weighted by atomic mass is 9.95. The van der Waals surface area contributed by atoms with E-state index in [-0.39, 0.29) is 17.0 Å². The number of fused-ring (bicyclic) bond motifs is 1. The van der Waals surface area contributed by atoms with Gasteiger partial charge in [0.1, 0.15) is 0 Å². The summed E-state index contributed by atoms with van der Waals surface area (Å²) in [7, 11) is 0. The smallest absolute Gasteiger partial charge is 0.151 e. The van der Waals surface area contributed by atoms with Crippen molar-refractivity contribution in [3.63, 3.8) is 0 Å². The van der Waals surface area contributed by atoms with Gasteiger partial charge >= 0.3 is 0 Å². The van der Waals surface area contributed by atoms with Crippen LogP contribution >= 0.6 is 32.9 Å². The SMILES string of the molecule is Br.Brc1cccn2c(C3CCNCC3)cnc12. The van der Waals surface area contributed by atoms with E-state index in [0.717, 1.165) is 23.2 Å². The second-order valence-electron chi connectivity index (χ2n) is 4.26. The van der Waals surface area contributed by atoms with Crippen LogP contribution in [0, 0.1) is 0 Å². The van der Waals surface area contributed by atoms with Crippen LogP contribution in [0.25, 0.3) is 5.65 Å². The number of nitrogens with zero attached hydrogens (tertiary/aromatic N) is 2. The molecule has 0 aliphatic carbocycles. The number of rotatable bonds is 1. The van der Waals surface area contributed by atoms with Crippen molar-refractivity contribution < 1.29 is 0 Å². The van der Waals surface area contributed by atoms with Crippen LogP contribution in [-0.2, 0) is 0 Å². The van der Waals surface area contributed by atoms with Gasteiger partial charge in [0.2, 0.25) is 0 Å². The number of pyridine rings is 1. The van der Waals surface area contributed by atoms with Gasteiger partial charge in [-0.1, -0.05) is 0 Å². The molecular weight excluding hydrogens is 346 g/mol. The molecule has 2 aromatic heterocycles. The first kappa shape index (κ1) is 13.1. The van der Waals surface area contributed by atoms with E-state index in [2.05, 4.69) is 42.9 Å². The standard InChI is InChI=1S/C12H14BrN3.BrH/c13-10-2-1-7-16-11(8-15-12(10)16)9-3-5-14-6-4-9;/h1-2,7-9,14H,3-6H2;1H. The molecule has 0 atom stereocenters. The number of halogens is 2. The summed E-state index contributed by atoms with van der Waals surface area (Å²) in [6, 6.07) is 4.10. The number of imidazole rings is 1. The fourth-order valence-corrected chi connectivity index (χ4v) is 2.86. The minimum atomic E-state index is 0. The van der Waals surface area contributed by atoms with Crippen molar-refractivity contribution in [3.05, 3.63) is 34.7 Å². The average molecular weight is 361 g/mol. The molecule has 0 radical (unpaired) electrons. The average Bonchev–Trinajstić information content (AvgIpc) is 2.75. The molecule has 3 nitrogen and oxygen atoms in total. The van der Waals surface area contributed by atoms with E-state index in [4.69, 9.17) is 0 Å². The topological polar surface area (TPSA) is 29.3 Å². The summed E-state index contributed by atoms with van der Waals surface area (Å²) in [5, 5.41) is 3.40. The van der Waals surface area contributed by atoms with Gasteiger partial charge in [-0.2, -0.15) is 0 Å². The molecule has 0 amide bonds. The van der Waals surface area contributed by atoms with Gasteiger partial charge in [-0.3, -0.25) is 0 Å². The molecule has 3 heterocycles. The molecule has 1 saturated heterocycles. The van der Waals surface area contributed by atoms with E-state index >= 15 is 0 Å². The van der Waals surface area contributed by atoms with Crippen LogP contribution in [0.1, 0.15) is 24.5 Å². The zero-order valence-electron chi connectivity index (χ0n) is 9.40. The van der Waals surface area contributed by atoms with E-state index in [1.807, 2.05) is 12.3 Å². The predicted molar refractivity (Wildman–Crippen MR) is 78.1 cm³/mol. The summed E-state index contributed by atoms with van der Waals surface area (Å²) in [5.41, 5.74) is 2.37. The van der Waals surface area contributed by atoms with Crippen LogP contribution in [-0.4, -0.2) is 22.5 Å². The highest BCUT2D eigenvalue weighted by Crippen LogP contribution is 2.27. The zero-order valence-corrected chi connectivity index (χ0v) is 12.7. The zero-order chi connectivity index (χ0) is 11.0. The molecule has 0 saturated carbocycles. The number of hydrogen-bond acceptors (Lipinski definition) is 2. The Morgan fingerprint density at radius 3 is 2.88 bits per heavy atom. The van der Waals surface area contributed by atoms with Gasteiger partial charge in [0.05, 0.1) is 4.47 Å². The first-order valence-corrected chi connectivity index (χ1v) is 6.48. The molecule has 1 N–H and O–H groups in total. The Morgan fingerprint density at radius 2 is 2.12 bits per heavy atom. The molecule has 0 aromatic carbocycles. The van der Waals surface area contributed by atoms with Crippen molar-refractivity contribution in [2.45, 2.75) is 18.8 Å². The summed E-state index contributed by atoms with van der Waals surface area (Å²) in [4.78, 5) is 4.49. The van der Waals surface area contributed by atoms with Gasteiger partial charge in [0.15, 0.2) is 5.65 Å². The fourth-order valence-electron chi connectivity index (χ4n) is 2.42. The van der Waals surface area contributed by atoms with Gasteiger partial charge in [0, 0.05) is 24.0 Å². The Morgan fingerprint density at radius 1 is 1.35 bits per heavy atom. The van der Waals surface area contributed by atoms with Gasteiger partial charge in [-0.05, 0) is 54.0 Å². The Hall–Kier alpha value is -0.390. The van der Waals surface area contributed by atoms with Crippen LogP contribution < -0.4 is 5.32 Å². The molecule has 17 heavy (non-hydrogen) atoms. The maximum atomic E-state index is 4.49. The third-order valence-corrected chi connectivity index (χ3v) is 3.89. The molecule has 0 spiro atoms. The normalized spacial score (nSPS) is 17.0. The van der Waals surface area contributed by atoms with Crippen molar-refractivity contribution in [2.24, 2.45) is 0 Å². The molecule has 1 aliphatic heterocycles. The van der Waals surface area contributed by atoms with E-state index in [1.54, 1.807) is 0 Å². The van der Waals surface area contributed by atoms with Gasteiger partial charge in [-0.25, -0.2) is 4.98 Å². The molecule has 3 rings (SSSR count). The second-order valence-corrected chi connectivity index (χ2v) is 5.11. The van der Waals surface area contributed by atoms with E-state index in [0.29, 0.717) is 5.92 Å². The van der Waals surface area contributed by atoms with Crippen molar-refractivity contribution >= 4 is 38.6 Å².